The van der Waals surface area contributed by atoms with Gasteiger partial charge in [0.1, 0.15) is 0 Å². The van der Waals surface area contributed by atoms with Gasteiger partial charge < -0.3 is 0 Å². The van der Waals surface area contributed by atoms with Crippen LogP contribution in [0.25, 0.3) is 0 Å². The second kappa shape index (κ2) is 5.16. The van der Waals surface area contributed by atoms with Crippen molar-refractivity contribution in [2.45, 2.75) is 51.4 Å². The predicted molar refractivity (Wildman–Crippen MR) is 74.9 cm³/mol. The fourth-order valence-corrected chi connectivity index (χ4v) is 2.42. The highest BCUT2D eigenvalue weighted by Gasteiger charge is 2.26. The van der Waals surface area contributed by atoms with Crippen molar-refractivity contribution in [1.82, 2.24) is 5.32 Å². The van der Waals surface area contributed by atoms with Gasteiger partial charge in [0, 0.05) is 6.42 Å². The first-order valence-corrected chi connectivity index (χ1v) is 6.82. The van der Waals surface area contributed by atoms with Crippen LogP contribution >= 0.6 is 0 Å². The molecule has 1 atom stereocenters. The van der Waals surface area contributed by atoms with Crippen molar-refractivity contribution >= 4 is 11.8 Å². The van der Waals surface area contributed by atoms with Gasteiger partial charge in [0.15, 0.2) is 0 Å². The highest BCUT2D eigenvalue weighted by molar-refractivity contribution is 5.99. The van der Waals surface area contributed by atoms with Gasteiger partial charge in [0.25, 0.3) is 0 Å². The summed E-state index contributed by atoms with van der Waals surface area (Å²) in [6, 6.07) is 8.16. The Morgan fingerprint density at radius 2 is 1.95 bits per heavy atom. The maximum absolute atomic E-state index is 12.1. The summed E-state index contributed by atoms with van der Waals surface area (Å²) in [7, 11) is 0. The minimum absolute atomic E-state index is 0.0625. The molecule has 1 unspecified atom stereocenters. The van der Waals surface area contributed by atoms with Crippen molar-refractivity contribution in [3.63, 3.8) is 0 Å². The zero-order valence-corrected chi connectivity index (χ0v) is 11.8. The second-order valence-corrected chi connectivity index (χ2v) is 6.23. The van der Waals surface area contributed by atoms with Crippen LogP contribution in [0.5, 0.6) is 0 Å². The van der Waals surface area contributed by atoms with E-state index < -0.39 is 0 Å². The summed E-state index contributed by atoms with van der Waals surface area (Å²) in [6.07, 6.45) is 1.95. The Kier molecular flexibility index (Phi) is 3.74. The van der Waals surface area contributed by atoms with E-state index in [1.165, 1.54) is 5.56 Å². The Bertz CT molecular complexity index is 500. The average molecular weight is 259 g/mol. The van der Waals surface area contributed by atoms with Crippen molar-refractivity contribution in [3.8, 4) is 0 Å². The number of nitrogens with one attached hydrogen (secondary N) is 1. The lowest BCUT2D eigenvalue weighted by Gasteiger charge is -2.21. The smallest absolute Gasteiger partial charge is 0.234 e. The first-order valence-electron chi connectivity index (χ1n) is 6.82. The van der Waals surface area contributed by atoms with E-state index in [0.717, 1.165) is 18.4 Å². The van der Waals surface area contributed by atoms with Gasteiger partial charge >= 0.3 is 0 Å². The molecule has 1 aliphatic heterocycles. The average Bonchev–Trinajstić information content (AvgIpc) is 2.49. The van der Waals surface area contributed by atoms with E-state index in [2.05, 4.69) is 38.2 Å². The fraction of sp³-hybridized carbons (Fsp3) is 0.500. The molecule has 2 amide bonds. The molecular weight excluding hydrogens is 238 g/mol. The van der Waals surface area contributed by atoms with Crippen LogP contribution in [0, 0.1) is 0 Å². The molecule has 0 aromatic heterocycles. The first-order chi connectivity index (χ1) is 8.88. The molecule has 1 aliphatic rings. The summed E-state index contributed by atoms with van der Waals surface area (Å²) in [6.45, 7) is 6.47. The van der Waals surface area contributed by atoms with Crippen molar-refractivity contribution in [3.05, 3.63) is 35.4 Å². The molecule has 1 fully saturated rings. The molecule has 0 aliphatic carbocycles. The third-order valence-corrected chi connectivity index (χ3v) is 3.63. The van der Waals surface area contributed by atoms with Gasteiger partial charge in [-0.3, -0.25) is 14.9 Å². The second-order valence-electron chi connectivity index (χ2n) is 6.23. The maximum Gasteiger partial charge on any atom is 0.234 e. The topological polar surface area (TPSA) is 46.2 Å². The Morgan fingerprint density at radius 3 is 2.63 bits per heavy atom. The third kappa shape index (κ3) is 3.22. The molecule has 1 heterocycles. The third-order valence-electron chi connectivity index (χ3n) is 3.63. The lowest BCUT2D eigenvalue weighted by atomic mass is 9.83. The van der Waals surface area contributed by atoms with E-state index in [0.29, 0.717) is 6.42 Å². The minimum atomic E-state index is -0.200. The Labute approximate surface area is 114 Å². The summed E-state index contributed by atoms with van der Waals surface area (Å²) in [5, 5.41) is 2.47. The summed E-state index contributed by atoms with van der Waals surface area (Å²) in [4.78, 5) is 23.4. The van der Waals surface area contributed by atoms with E-state index in [1.54, 1.807) is 0 Å². The molecule has 0 bridgehead atoms. The quantitative estimate of drug-likeness (QED) is 0.788. The molecule has 19 heavy (non-hydrogen) atoms. The monoisotopic (exact) mass is 259 g/mol. The molecule has 1 N–H and O–H groups in total. The number of benzene rings is 1. The molecule has 0 spiro atoms. The number of amides is 2. The summed E-state index contributed by atoms with van der Waals surface area (Å²) in [5.74, 6) is -0.512. The number of carbonyl (C=O) groups excluding carboxylic acids is 2. The van der Waals surface area contributed by atoms with E-state index in [-0.39, 0.29) is 23.1 Å². The van der Waals surface area contributed by atoms with Crippen LogP contribution in [0.3, 0.4) is 0 Å². The Hall–Kier alpha value is -1.64. The Balaban J connectivity index is 2.30. The molecule has 2 rings (SSSR count). The van der Waals surface area contributed by atoms with E-state index in [9.17, 15) is 9.59 Å². The molecule has 3 heteroatoms. The molecule has 102 valence electrons. The zero-order valence-electron chi connectivity index (χ0n) is 11.8. The van der Waals surface area contributed by atoms with Crippen molar-refractivity contribution in [2.24, 2.45) is 0 Å². The standard InChI is InChI=1S/C16H21NO2/c1-16(2,3)12-7-4-6-11(10-12)13-8-5-9-14(18)17-15(13)19/h4,6-7,10,13H,5,8-9H2,1-3H3,(H,17,18,19). The number of rotatable bonds is 1. The van der Waals surface area contributed by atoms with Gasteiger partial charge in [-0.2, -0.15) is 0 Å². The van der Waals surface area contributed by atoms with Gasteiger partial charge in [-0.1, -0.05) is 45.0 Å². The lowest BCUT2D eigenvalue weighted by Crippen LogP contribution is -2.31. The van der Waals surface area contributed by atoms with Crippen molar-refractivity contribution < 1.29 is 9.59 Å². The summed E-state index contributed by atoms with van der Waals surface area (Å²) in [5.41, 5.74) is 2.29. The van der Waals surface area contributed by atoms with Crippen molar-refractivity contribution in [1.29, 1.82) is 0 Å². The molecule has 0 radical (unpaired) electrons. The number of imide groups is 1. The van der Waals surface area contributed by atoms with Crippen LogP contribution in [-0.4, -0.2) is 11.8 Å². The number of carbonyl (C=O) groups is 2. The first kappa shape index (κ1) is 13.8. The van der Waals surface area contributed by atoms with Crippen LogP contribution in [0.4, 0.5) is 0 Å². The van der Waals surface area contributed by atoms with Crippen LogP contribution in [0.15, 0.2) is 24.3 Å². The number of hydrogen-bond donors (Lipinski definition) is 1. The predicted octanol–water partition coefficient (Wildman–Crippen LogP) is 2.89. The highest BCUT2D eigenvalue weighted by atomic mass is 16.2. The van der Waals surface area contributed by atoms with Gasteiger partial charge in [-0.25, -0.2) is 0 Å². The highest BCUT2D eigenvalue weighted by Crippen LogP contribution is 2.29. The van der Waals surface area contributed by atoms with E-state index >= 15 is 0 Å². The van der Waals surface area contributed by atoms with Gasteiger partial charge in [0.05, 0.1) is 5.92 Å². The molecule has 1 aromatic rings. The Morgan fingerprint density at radius 1 is 1.21 bits per heavy atom. The normalized spacial score (nSPS) is 20.9. The fourth-order valence-electron chi connectivity index (χ4n) is 2.42. The van der Waals surface area contributed by atoms with Gasteiger partial charge in [-0.05, 0) is 29.4 Å². The zero-order chi connectivity index (χ0) is 14.0. The maximum atomic E-state index is 12.1. The minimum Gasteiger partial charge on any atom is -0.296 e. The summed E-state index contributed by atoms with van der Waals surface area (Å²) >= 11 is 0. The molecule has 3 nitrogen and oxygen atoms in total. The molecular formula is C16H21NO2. The van der Waals surface area contributed by atoms with E-state index in [4.69, 9.17) is 0 Å². The summed E-state index contributed by atoms with van der Waals surface area (Å²) < 4.78 is 0. The van der Waals surface area contributed by atoms with Crippen LogP contribution in [0.1, 0.15) is 57.1 Å². The van der Waals surface area contributed by atoms with E-state index in [1.807, 2.05) is 12.1 Å². The number of hydrogen-bond acceptors (Lipinski definition) is 2. The SMILES string of the molecule is CC(C)(C)c1cccc(C2CCCC(=O)NC2=O)c1. The van der Waals surface area contributed by atoms with Crippen LogP contribution in [-0.2, 0) is 15.0 Å². The van der Waals surface area contributed by atoms with Gasteiger partial charge in [0.2, 0.25) is 11.8 Å². The van der Waals surface area contributed by atoms with Crippen LogP contribution in [0.2, 0.25) is 0 Å². The molecule has 0 saturated carbocycles. The van der Waals surface area contributed by atoms with Crippen LogP contribution < -0.4 is 5.32 Å². The molecule has 1 saturated heterocycles. The largest absolute Gasteiger partial charge is 0.296 e. The van der Waals surface area contributed by atoms with Crippen molar-refractivity contribution in [2.75, 3.05) is 0 Å². The molecule has 1 aromatic carbocycles. The lowest BCUT2D eigenvalue weighted by molar-refractivity contribution is -0.130. The van der Waals surface area contributed by atoms with Gasteiger partial charge in [-0.15, -0.1) is 0 Å².